The summed E-state index contributed by atoms with van der Waals surface area (Å²) in [5.41, 5.74) is 1.14. The molecule has 168 valence electrons. The maximum atomic E-state index is 13.0. The number of benzene rings is 2. The van der Waals surface area contributed by atoms with Crippen molar-refractivity contribution in [3.63, 3.8) is 0 Å². The van der Waals surface area contributed by atoms with Crippen molar-refractivity contribution in [3.8, 4) is 0 Å². The zero-order valence-electron chi connectivity index (χ0n) is 17.2. The number of hydrogen-bond donors (Lipinski definition) is 0. The molecule has 0 aliphatic carbocycles. The van der Waals surface area contributed by atoms with Gasteiger partial charge in [-0.3, -0.25) is 10.1 Å². The van der Waals surface area contributed by atoms with E-state index in [0.717, 1.165) is 28.1 Å². The van der Waals surface area contributed by atoms with Gasteiger partial charge < -0.3 is 9.64 Å². The van der Waals surface area contributed by atoms with Crippen LogP contribution in [0.25, 0.3) is 10.2 Å². The average molecular weight is 475 g/mol. The molecule has 0 N–H and O–H groups in total. The highest BCUT2D eigenvalue weighted by Gasteiger charge is 2.35. The third-order valence-corrected chi connectivity index (χ3v) is 8.94. The van der Waals surface area contributed by atoms with E-state index in [-0.39, 0.29) is 29.7 Å². The molecule has 3 aromatic rings. The predicted molar refractivity (Wildman–Crippen MR) is 122 cm³/mol. The smallest absolute Gasteiger partial charge is 0.293 e. The molecule has 32 heavy (non-hydrogen) atoms. The Kier molecular flexibility index (Phi) is 5.58. The first kappa shape index (κ1) is 21.3. The van der Waals surface area contributed by atoms with E-state index in [4.69, 9.17) is 9.72 Å². The Balaban J connectivity index is 1.51. The number of ether oxygens (including phenoxy) is 1. The standard InChI is InChI=1S/C21H22N4O5S2/c26-25(27)19-14-15(32(28,29)23-10-12-30-13-11-23)7-8-17(19)24-9-3-5-18(24)21-22-16-4-1-2-6-20(16)31-21/h1-2,4,6-8,14,18H,3,5,9-13H2/t18-/m0/s1. The highest BCUT2D eigenvalue weighted by atomic mass is 32.2. The van der Waals surface area contributed by atoms with Crippen LogP contribution in [0.2, 0.25) is 0 Å². The second-order valence-electron chi connectivity index (χ2n) is 7.80. The number of nitrogens with zero attached hydrogens (tertiary/aromatic N) is 4. The second-order valence-corrected chi connectivity index (χ2v) is 10.8. The van der Waals surface area contributed by atoms with Gasteiger partial charge in [0, 0.05) is 25.7 Å². The summed E-state index contributed by atoms with van der Waals surface area (Å²) in [5, 5.41) is 12.9. The number of thiazole rings is 1. The number of nitro benzene ring substituents is 1. The van der Waals surface area contributed by atoms with Crippen LogP contribution in [0.5, 0.6) is 0 Å². The van der Waals surface area contributed by atoms with Crippen LogP contribution in [0, 0.1) is 10.1 Å². The number of para-hydroxylation sites is 1. The maximum absolute atomic E-state index is 13.0. The van der Waals surface area contributed by atoms with E-state index >= 15 is 0 Å². The van der Waals surface area contributed by atoms with Gasteiger partial charge in [-0.25, -0.2) is 13.4 Å². The summed E-state index contributed by atoms with van der Waals surface area (Å²) in [7, 11) is -3.82. The predicted octanol–water partition coefficient (Wildman–Crippen LogP) is 3.57. The van der Waals surface area contributed by atoms with Gasteiger partial charge in [-0.05, 0) is 37.1 Å². The van der Waals surface area contributed by atoms with E-state index in [0.29, 0.717) is 25.4 Å². The van der Waals surface area contributed by atoms with E-state index < -0.39 is 14.9 Å². The summed E-state index contributed by atoms with van der Waals surface area (Å²) in [6.07, 6.45) is 1.72. The fourth-order valence-corrected chi connectivity index (χ4v) is 6.88. The summed E-state index contributed by atoms with van der Waals surface area (Å²) in [6.45, 7) is 1.76. The van der Waals surface area contributed by atoms with E-state index in [1.54, 1.807) is 17.4 Å². The van der Waals surface area contributed by atoms with E-state index in [2.05, 4.69) is 0 Å². The molecule has 0 spiro atoms. The van der Waals surface area contributed by atoms with Gasteiger partial charge in [0.05, 0.1) is 39.3 Å². The Morgan fingerprint density at radius 1 is 1.12 bits per heavy atom. The summed E-state index contributed by atoms with van der Waals surface area (Å²) in [6, 6.07) is 12.0. The van der Waals surface area contributed by atoms with Crippen molar-refractivity contribution in [2.75, 3.05) is 37.7 Å². The molecule has 0 radical (unpaired) electrons. The lowest BCUT2D eigenvalue weighted by atomic mass is 10.2. The van der Waals surface area contributed by atoms with Crippen molar-refractivity contribution in [2.45, 2.75) is 23.8 Å². The highest BCUT2D eigenvalue weighted by molar-refractivity contribution is 7.89. The molecule has 2 aliphatic rings. The van der Waals surface area contributed by atoms with E-state index in [1.165, 1.54) is 16.4 Å². The van der Waals surface area contributed by atoms with Crippen molar-refractivity contribution < 1.29 is 18.1 Å². The Hall–Kier alpha value is -2.60. The number of rotatable bonds is 5. The first-order valence-corrected chi connectivity index (χ1v) is 12.7. The first-order valence-electron chi connectivity index (χ1n) is 10.4. The molecule has 2 aromatic carbocycles. The van der Waals surface area contributed by atoms with Gasteiger partial charge in [0.25, 0.3) is 5.69 Å². The van der Waals surface area contributed by atoms with Crippen molar-refractivity contribution in [3.05, 3.63) is 57.6 Å². The summed E-state index contributed by atoms with van der Waals surface area (Å²) in [5.74, 6) is 0. The number of fused-ring (bicyclic) bond motifs is 1. The van der Waals surface area contributed by atoms with Crippen LogP contribution in [0.4, 0.5) is 11.4 Å². The number of morpholine rings is 1. The molecule has 0 bridgehead atoms. The normalized spacial score (nSPS) is 20.1. The fourth-order valence-electron chi connectivity index (χ4n) is 4.33. The lowest BCUT2D eigenvalue weighted by Gasteiger charge is -2.27. The monoisotopic (exact) mass is 474 g/mol. The Morgan fingerprint density at radius 2 is 1.91 bits per heavy atom. The lowest BCUT2D eigenvalue weighted by Crippen LogP contribution is -2.40. The van der Waals surface area contributed by atoms with Crippen molar-refractivity contribution in [1.29, 1.82) is 0 Å². The molecule has 2 saturated heterocycles. The summed E-state index contributed by atoms with van der Waals surface area (Å²) in [4.78, 5) is 18.1. The van der Waals surface area contributed by atoms with Gasteiger partial charge in [-0.15, -0.1) is 11.3 Å². The molecule has 11 heteroatoms. The van der Waals surface area contributed by atoms with Gasteiger partial charge in [0.2, 0.25) is 10.0 Å². The van der Waals surface area contributed by atoms with Gasteiger partial charge in [-0.2, -0.15) is 4.31 Å². The zero-order chi connectivity index (χ0) is 22.3. The van der Waals surface area contributed by atoms with Crippen LogP contribution < -0.4 is 4.90 Å². The topological polar surface area (TPSA) is 106 Å². The fraction of sp³-hybridized carbons (Fsp3) is 0.381. The van der Waals surface area contributed by atoms with Crippen molar-refractivity contribution >= 4 is 43.0 Å². The van der Waals surface area contributed by atoms with Crippen LogP contribution >= 0.6 is 11.3 Å². The van der Waals surface area contributed by atoms with Gasteiger partial charge in [0.1, 0.15) is 10.7 Å². The largest absolute Gasteiger partial charge is 0.379 e. The van der Waals surface area contributed by atoms with E-state index in [9.17, 15) is 18.5 Å². The van der Waals surface area contributed by atoms with Crippen LogP contribution in [-0.4, -0.2) is 55.5 Å². The number of aromatic nitrogens is 1. The molecule has 5 rings (SSSR count). The average Bonchev–Trinajstić information content (AvgIpc) is 3.46. The molecule has 0 unspecified atom stereocenters. The minimum absolute atomic E-state index is 0.0643. The molecule has 1 atom stereocenters. The maximum Gasteiger partial charge on any atom is 0.293 e. The van der Waals surface area contributed by atoms with Crippen molar-refractivity contribution in [2.24, 2.45) is 0 Å². The Morgan fingerprint density at radius 3 is 2.66 bits per heavy atom. The van der Waals surface area contributed by atoms with Crippen LogP contribution in [0.15, 0.2) is 47.4 Å². The molecule has 0 amide bonds. The summed E-state index contributed by atoms with van der Waals surface area (Å²) >= 11 is 1.60. The minimum atomic E-state index is -3.82. The Labute approximate surface area is 189 Å². The first-order chi connectivity index (χ1) is 15.4. The molecule has 1 aromatic heterocycles. The number of hydrogen-bond acceptors (Lipinski definition) is 8. The van der Waals surface area contributed by atoms with Crippen LogP contribution in [0.3, 0.4) is 0 Å². The number of anilines is 1. The quantitative estimate of drug-likeness (QED) is 0.411. The van der Waals surface area contributed by atoms with Gasteiger partial charge in [0.15, 0.2) is 0 Å². The van der Waals surface area contributed by atoms with Crippen LogP contribution in [-0.2, 0) is 14.8 Å². The molecule has 9 nitrogen and oxygen atoms in total. The third kappa shape index (κ3) is 3.75. The second kappa shape index (κ2) is 8.39. The zero-order valence-corrected chi connectivity index (χ0v) is 18.8. The number of nitro groups is 1. The van der Waals surface area contributed by atoms with Gasteiger partial charge in [-0.1, -0.05) is 12.1 Å². The van der Waals surface area contributed by atoms with Crippen molar-refractivity contribution in [1.82, 2.24) is 9.29 Å². The minimum Gasteiger partial charge on any atom is -0.379 e. The molecule has 3 heterocycles. The highest BCUT2D eigenvalue weighted by Crippen LogP contribution is 2.43. The molecule has 2 fully saturated rings. The van der Waals surface area contributed by atoms with Crippen LogP contribution in [0.1, 0.15) is 23.9 Å². The third-order valence-electron chi connectivity index (χ3n) is 5.91. The molecule has 0 saturated carbocycles. The molecular formula is C21H22N4O5S2. The molecular weight excluding hydrogens is 452 g/mol. The summed E-state index contributed by atoms with van der Waals surface area (Å²) < 4.78 is 33.6. The SMILES string of the molecule is O=[N+]([O-])c1cc(S(=O)(=O)N2CCOCC2)ccc1N1CCC[C@H]1c1nc2ccccc2s1. The lowest BCUT2D eigenvalue weighted by molar-refractivity contribution is -0.384. The number of sulfonamides is 1. The van der Waals surface area contributed by atoms with Gasteiger partial charge >= 0.3 is 0 Å². The molecule has 2 aliphatic heterocycles. The Bertz CT molecular complexity index is 1240. The van der Waals surface area contributed by atoms with E-state index in [1.807, 2.05) is 29.2 Å².